The second-order valence-corrected chi connectivity index (χ2v) is 5.78. The van der Waals surface area contributed by atoms with E-state index >= 15 is 0 Å². The maximum atomic E-state index is 13.2. The molecule has 0 aliphatic carbocycles. The molecule has 1 rings (SSSR count). The van der Waals surface area contributed by atoms with Crippen molar-refractivity contribution in [2.24, 2.45) is 0 Å². The largest absolute Gasteiger partial charge is 0.465 e. The number of carbonyl (C=O) groups excluding carboxylic acids is 1. The standard InChI is InChI=1S/C12H16FNO5S/c1-3-9(15)7-14-20(17,18)11-6-8(13)4-5-10(11)12(16)19-2/h4-6,9,14-15H,3,7H2,1-2H3. The van der Waals surface area contributed by atoms with Gasteiger partial charge in [-0.05, 0) is 24.6 Å². The molecule has 1 unspecified atom stereocenters. The fraction of sp³-hybridized carbons (Fsp3) is 0.417. The highest BCUT2D eigenvalue weighted by Crippen LogP contribution is 2.18. The molecule has 0 aliphatic rings. The number of hydrogen-bond donors (Lipinski definition) is 2. The SMILES string of the molecule is CCC(O)CNS(=O)(=O)c1cc(F)ccc1C(=O)OC. The van der Waals surface area contributed by atoms with E-state index in [0.29, 0.717) is 6.42 Å². The van der Waals surface area contributed by atoms with Gasteiger partial charge in [0.15, 0.2) is 0 Å². The van der Waals surface area contributed by atoms with Crippen LogP contribution >= 0.6 is 0 Å². The summed E-state index contributed by atoms with van der Waals surface area (Å²) in [6.45, 7) is 1.46. The van der Waals surface area contributed by atoms with Gasteiger partial charge in [-0.25, -0.2) is 22.3 Å². The number of benzene rings is 1. The summed E-state index contributed by atoms with van der Waals surface area (Å²) in [5.41, 5.74) is -0.271. The molecular formula is C12H16FNO5S. The maximum Gasteiger partial charge on any atom is 0.339 e. The molecule has 20 heavy (non-hydrogen) atoms. The Bertz CT molecular complexity index is 588. The predicted molar refractivity (Wildman–Crippen MR) is 69.2 cm³/mol. The molecule has 0 bridgehead atoms. The number of hydrogen-bond acceptors (Lipinski definition) is 5. The molecule has 8 heteroatoms. The maximum absolute atomic E-state index is 13.2. The third-order valence-corrected chi connectivity index (χ3v) is 4.08. The van der Waals surface area contributed by atoms with Crippen LogP contribution in [0.15, 0.2) is 23.1 Å². The lowest BCUT2D eigenvalue weighted by Gasteiger charge is -2.12. The molecule has 0 saturated heterocycles. The van der Waals surface area contributed by atoms with Crippen LogP contribution in [0.5, 0.6) is 0 Å². The number of carbonyl (C=O) groups is 1. The lowest BCUT2D eigenvalue weighted by atomic mass is 10.2. The third-order valence-electron chi connectivity index (χ3n) is 2.62. The van der Waals surface area contributed by atoms with Crippen molar-refractivity contribution < 1.29 is 27.4 Å². The first-order chi connectivity index (χ1) is 9.31. The van der Waals surface area contributed by atoms with Crippen molar-refractivity contribution in [2.75, 3.05) is 13.7 Å². The Kier molecular flexibility index (Phi) is 5.61. The quantitative estimate of drug-likeness (QED) is 0.753. The summed E-state index contributed by atoms with van der Waals surface area (Å²) >= 11 is 0. The van der Waals surface area contributed by atoms with Crippen LogP contribution in [-0.4, -0.2) is 39.3 Å². The highest BCUT2D eigenvalue weighted by atomic mass is 32.2. The first kappa shape index (κ1) is 16.5. The van der Waals surface area contributed by atoms with Gasteiger partial charge < -0.3 is 9.84 Å². The van der Waals surface area contributed by atoms with Crippen molar-refractivity contribution in [3.05, 3.63) is 29.6 Å². The molecule has 0 amide bonds. The number of rotatable bonds is 6. The van der Waals surface area contributed by atoms with Crippen LogP contribution in [0.1, 0.15) is 23.7 Å². The van der Waals surface area contributed by atoms with E-state index in [2.05, 4.69) is 9.46 Å². The molecule has 0 aromatic heterocycles. The van der Waals surface area contributed by atoms with Gasteiger partial charge in [-0.1, -0.05) is 6.92 Å². The van der Waals surface area contributed by atoms with Gasteiger partial charge in [-0.2, -0.15) is 0 Å². The van der Waals surface area contributed by atoms with Crippen molar-refractivity contribution in [2.45, 2.75) is 24.3 Å². The fourth-order valence-electron chi connectivity index (χ4n) is 1.43. The Balaban J connectivity index is 3.16. The number of aliphatic hydroxyl groups excluding tert-OH is 1. The van der Waals surface area contributed by atoms with Gasteiger partial charge in [0.05, 0.1) is 23.7 Å². The zero-order chi connectivity index (χ0) is 15.3. The minimum Gasteiger partial charge on any atom is -0.465 e. The van der Waals surface area contributed by atoms with Crippen LogP contribution in [-0.2, 0) is 14.8 Å². The average Bonchev–Trinajstić information content (AvgIpc) is 2.43. The molecule has 1 aromatic carbocycles. The molecule has 2 N–H and O–H groups in total. The molecule has 6 nitrogen and oxygen atoms in total. The van der Waals surface area contributed by atoms with Crippen molar-refractivity contribution >= 4 is 16.0 Å². The number of methoxy groups -OCH3 is 1. The topological polar surface area (TPSA) is 92.7 Å². The summed E-state index contributed by atoms with van der Waals surface area (Å²) < 4.78 is 43.9. The summed E-state index contributed by atoms with van der Waals surface area (Å²) in [4.78, 5) is 11.0. The predicted octanol–water partition coefficient (Wildman–Crippen LogP) is 0.661. The number of nitrogens with one attached hydrogen (secondary N) is 1. The minimum atomic E-state index is -4.12. The molecule has 0 aliphatic heterocycles. The van der Waals surface area contributed by atoms with Crippen LogP contribution in [0.2, 0.25) is 0 Å². The van der Waals surface area contributed by atoms with Gasteiger partial charge >= 0.3 is 5.97 Å². The zero-order valence-corrected chi connectivity index (χ0v) is 11.9. The lowest BCUT2D eigenvalue weighted by molar-refractivity contribution is 0.0596. The van der Waals surface area contributed by atoms with Crippen LogP contribution in [0.25, 0.3) is 0 Å². The van der Waals surface area contributed by atoms with E-state index < -0.39 is 32.8 Å². The van der Waals surface area contributed by atoms with Crippen molar-refractivity contribution in [1.82, 2.24) is 4.72 Å². The normalized spacial score (nSPS) is 13.0. The number of aliphatic hydroxyl groups is 1. The molecule has 1 atom stereocenters. The Morgan fingerprint density at radius 1 is 1.50 bits per heavy atom. The number of ether oxygens (including phenoxy) is 1. The Labute approximate surface area is 116 Å². The smallest absolute Gasteiger partial charge is 0.339 e. The molecule has 0 saturated carbocycles. The van der Waals surface area contributed by atoms with E-state index in [9.17, 15) is 22.7 Å². The third kappa shape index (κ3) is 3.99. The number of sulfonamides is 1. The fourth-order valence-corrected chi connectivity index (χ4v) is 2.70. The van der Waals surface area contributed by atoms with Crippen molar-refractivity contribution in [3.63, 3.8) is 0 Å². The summed E-state index contributed by atoms with van der Waals surface area (Å²) in [6.07, 6.45) is -0.505. The van der Waals surface area contributed by atoms with E-state index in [1.54, 1.807) is 6.92 Å². The summed E-state index contributed by atoms with van der Waals surface area (Å²) in [5, 5.41) is 9.35. The van der Waals surface area contributed by atoms with E-state index in [1.807, 2.05) is 0 Å². The van der Waals surface area contributed by atoms with Gasteiger partial charge in [0.2, 0.25) is 10.0 Å². The molecule has 0 radical (unpaired) electrons. The van der Waals surface area contributed by atoms with Crippen LogP contribution in [0.4, 0.5) is 4.39 Å². The first-order valence-electron chi connectivity index (χ1n) is 5.87. The van der Waals surface area contributed by atoms with Gasteiger partial charge in [0, 0.05) is 6.54 Å². The summed E-state index contributed by atoms with van der Waals surface area (Å²) in [7, 11) is -3.03. The van der Waals surface area contributed by atoms with Gasteiger partial charge in [-0.15, -0.1) is 0 Å². The lowest BCUT2D eigenvalue weighted by Crippen LogP contribution is -2.32. The summed E-state index contributed by atoms with van der Waals surface area (Å²) in [5.74, 6) is -1.68. The minimum absolute atomic E-state index is 0.226. The molecule has 112 valence electrons. The molecule has 0 fully saturated rings. The van der Waals surface area contributed by atoms with E-state index in [4.69, 9.17) is 0 Å². The van der Waals surface area contributed by atoms with Gasteiger partial charge in [-0.3, -0.25) is 0 Å². The molecule has 1 aromatic rings. The van der Waals surface area contributed by atoms with E-state index in [0.717, 1.165) is 25.3 Å². The summed E-state index contributed by atoms with van der Waals surface area (Å²) in [6, 6.07) is 2.73. The average molecular weight is 305 g/mol. The first-order valence-corrected chi connectivity index (χ1v) is 7.35. The van der Waals surface area contributed by atoms with Gasteiger partial charge in [0.25, 0.3) is 0 Å². The molecule has 0 heterocycles. The van der Waals surface area contributed by atoms with Crippen LogP contribution in [0.3, 0.4) is 0 Å². The van der Waals surface area contributed by atoms with Crippen LogP contribution in [0, 0.1) is 5.82 Å². The second kappa shape index (κ2) is 6.78. The highest BCUT2D eigenvalue weighted by molar-refractivity contribution is 7.89. The highest BCUT2D eigenvalue weighted by Gasteiger charge is 2.24. The second-order valence-electron chi connectivity index (χ2n) is 4.05. The Morgan fingerprint density at radius 3 is 2.70 bits per heavy atom. The van der Waals surface area contributed by atoms with Gasteiger partial charge in [0.1, 0.15) is 5.82 Å². The number of esters is 1. The number of halogens is 1. The molecular weight excluding hydrogens is 289 g/mol. The monoisotopic (exact) mass is 305 g/mol. The van der Waals surface area contributed by atoms with Crippen LogP contribution < -0.4 is 4.72 Å². The Morgan fingerprint density at radius 2 is 2.15 bits per heavy atom. The molecule has 0 spiro atoms. The Hall–Kier alpha value is -1.51. The van der Waals surface area contributed by atoms with Crippen molar-refractivity contribution in [3.8, 4) is 0 Å². The zero-order valence-electron chi connectivity index (χ0n) is 11.1. The van der Waals surface area contributed by atoms with Crippen molar-refractivity contribution in [1.29, 1.82) is 0 Å². The van der Waals surface area contributed by atoms with E-state index in [-0.39, 0.29) is 12.1 Å². The van der Waals surface area contributed by atoms with E-state index in [1.165, 1.54) is 0 Å².